The first-order chi connectivity index (χ1) is 9.15. The van der Waals surface area contributed by atoms with Crippen LogP contribution < -0.4 is 5.73 Å². The van der Waals surface area contributed by atoms with Crippen molar-refractivity contribution in [1.82, 2.24) is 0 Å². The minimum Gasteiger partial charge on any atom is -0.398 e. The first-order valence-corrected chi connectivity index (χ1v) is 6.32. The summed E-state index contributed by atoms with van der Waals surface area (Å²) >= 11 is 5.86. The van der Waals surface area contributed by atoms with Crippen LogP contribution in [0.5, 0.6) is 0 Å². The predicted octanol–water partition coefficient (Wildman–Crippen LogP) is 3.18. The molecule has 19 heavy (non-hydrogen) atoms. The Morgan fingerprint density at radius 1 is 1.05 bits per heavy atom. The number of ether oxygens (including phenoxy) is 1. The van der Waals surface area contributed by atoms with E-state index in [0.717, 1.165) is 11.1 Å². The molecule has 96 valence electrons. The normalized spacial score (nSPS) is 13.3. The van der Waals surface area contributed by atoms with Crippen LogP contribution in [-0.2, 0) is 18.0 Å². The molecule has 0 saturated carbocycles. The van der Waals surface area contributed by atoms with Crippen LogP contribution in [0.2, 0.25) is 5.02 Å². The maximum atomic E-state index is 12.4. The van der Waals surface area contributed by atoms with Crippen molar-refractivity contribution in [1.29, 1.82) is 0 Å². The number of carbonyl (C=O) groups is 1. The predicted molar refractivity (Wildman–Crippen MR) is 74.2 cm³/mol. The third-order valence-corrected chi connectivity index (χ3v) is 3.59. The highest BCUT2D eigenvalue weighted by Crippen LogP contribution is 2.24. The molecule has 0 saturated heterocycles. The molecule has 3 rings (SSSR count). The number of ketones is 1. The zero-order valence-corrected chi connectivity index (χ0v) is 10.9. The molecule has 0 unspecified atom stereocenters. The fourth-order valence-electron chi connectivity index (χ4n) is 2.16. The van der Waals surface area contributed by atoms with E-state index in [0.29, 0.717) is 35.1 Å². The number of anilines is 1. The van der Waals surface area contributed by atoms with E-state index < -0.39 is 0 Å². The highest BCUT2D eigenvalue weighted by atomic mass is 35.5. The highest BCUT2D eigenvalue weighted by Gasteiger charge is 2.16. The molecule has 3 nitrogen and oxygen atoms in total. The second kappa shape index (κ2) is 4.68. The van der Waals surface area contributed by atoms with Crippen molar-refractivity contribution < 1.29 is 9.53 Å². The third kappa shape index (κ3) is 2.23. The minimum atomic E-state index is -0.0573. The van der Waals surface area contributed by atoms with Crippen molar-refractivity contribution in [3.8, 4) is 0 Å². The van der Waals surface area contributed by atoms with Gasteiger partial charge in [-0.25, -0.2) is 0 Å². The lowest BCUT2D eigenvalue weighted by atomic mass is 9.99. The molecule has 0 aliphatic carbocycles. The lowest BCUT2D eigenvalue weighted by Gasteiger charge is -2.05. The third-order valence-electron chi connectivity index (χ3n) is 3.24. The van der Waals surface area contributed by atoms with E-state index in [-0.39, 0.29) is 5.78 Å². The van der Waals surface area contributed by atoms with E-state index in [9.17, 15) is 4.79 Å². The molecule has 1 heterocycles. The number of benzene rings is 2. The molecule has 0 atom stereocenters. The summed E-state index contributed by atoms with van der Waals surface area (Å²) in [6, 6.07) is 10.6. The average molecular weight is 274 g/mol. The first-order valence-electron chi connectivity index (χ1n) is 5.94. The van der Waals surface area contributed by atoms with E-state index in [1.54, 1.807) is 18.2 Å². The summed E-state index contributed by atoms with van der Waals surface area (Å²) in [7, 11) is 0. The lowest BCUT2D eigenvalue weighted by Crippen LogP contribution is -2.03. The molecule has 0 amide bonds. The smallest absolute Gasteiger partial charge is 0.193 e. The molecule has 2 aromatic rings. The number of hydrogen-bond donors (Lipinski definition) is 1. The van der Waals surface area contributed by atoms with Crippen molar-refractivity contribution in [3.05, 3.63) is 63.7 Å². The molecular weight excluding hydrogens is 262 g/mol. The number of nitrogen functional groups attached to an aromatic ring is 1. The number of hydrogen-bond acceptors (Lipinski definition) is 3. The van der Waals surface area contributed by atoms with Crippen molar-refractivity contribution in [2.24, 2.45) is 0 Å². The van der Waals surface area contributed by atoms with Crippen LogP contribution in [0.4, 0.5) is 5.69 Å². The Labute approximate surface area is 115 Å². The van der Waals surface area contributed by atoms with Gasteiger partial charge in [-0.15, -0.1) is 0 Å². The second-order valence-corrected chi connectivity index (χ2v) is 4.95. The van der Waals surface area contributed by atoms with E-state index in [1.165, 1.54) is 0 Å². The highest BCUT2D eigenvalue weighted by molar-refractivity contribution is 6.33. The zero-order valence-electron chi connectivity index (χ0n) is 10.2. The van der Waals surface area contributed by atoms with Crippen LogP contribution in [0.15, 0.2) is 36.4 Å². The Bertz CT molecular complexity index is 667. The summed E-state index contributed by atoms with van der Waals surface area (Å²) < 4.78 is 5.34. The van der Waals surface area contributed by atoms with Crippen LogP contribution in [0.25, 0.3) is 0 Å². The van der Waals surface area contributed by atoms with Gasteiger partial charge in [-0.2, -0.15) is 0 Å². The van der Waals surface area contributed by atoms with Crippen LogP contribution in [0.3, 0.4) is 0 Å². The van der Waals surface area contributed by atoms with Gasteiger partial charge >= 0.3 is 0 Å². The van der Waals surface area contributed by atoms with E-state index in [1.807, 2.05) is 18.2 Å². The molecule has 1 aliphatic heterocycles. The van der Waals surface area contributed by atoms with E-state index in [4.69, 9.17) is 22.1 Å². The fraction of sp³-hybridized carbons (Fsp3) is 0.133. The largest absolute Gasteiger partial charge is 0.398 e. The molecule has 2 N–H and O–H groups in total. The summed E-state index contributed by atoms with van der Waals surface area (Å²) in [5.74, 6) is -0.0573. The topological polar surface area (TPSA) is 52.3 Å². The molecule has 0 spiro atoms. The second-order valence-electron chi connectivity index (χ2n) is 4.54. The number of halogens is 1. The van der Waals surface area contributed by atoms with Crippen LogP contribution >= 0.6 is 11.6 Å². The number of nitrogens with two attached hydrogens (primary N) is 1. The molecule has 2 aromatic carbocycles. The van der Waals surface area contributed by atoms with Gasteiger partial charge in [0.2, 0.25) is 0 Å². The van der Waals surface area contributed by atoms with Crippen molar-refractivity contribution >= 4 is 23.1 Å². The van der Waals surface area contributed by atoms with Crippen molar-refractivity contribution in [2.45, 2.75) is 13.2 Å². The van der Waals surface area contributed by atoms with Crippen LogP contribution in [0.1, 0.15) is 27.0 Å². The molecule has 1 aliphatic rings. The summed E-state index contributed by atoms with van der Waals surface area (Å²) in [5.41, 5.74) is 9.55. The Morgan fingerprint density at radius 3 is 2.53 bits per heavy atom. The number of fused-ring (bicyclic) bond motifs is 1. The summed E-state index contributed by atoms with van der Waals surface area (Å²) in [6.07, 6.45) is 0. The monoisotopic (exact) mass is 273 g/mol. The molecular formula is C15H12ClNO2. The Kier molecular flexibility index (Phi) is 3.01. The number of rotatable bonds is 2. The van der Waals surface area contributed by atoms with Gasteiger partial charge in [-0.3, -0.25) is 4.79 Å². The van der Waals surface area contributed by atoms with Gasteiger partial charge in [0.15, 0.2) is 5.78 Å². The van der Waals surface area contributed by atoms with Crippen molar-refractivity contribution in [2.75, 3.05) is 5.73 Å². The fourth-order valence-corrected chi connectivity index (χ4v) is 2.28. The van der Waals surface area contributed by atoms with E-state index >= 15 is 0 Å². The minimum absolute atomic E-state index is 0.0573. The summed E-state index contributed by atoms with van der Waals surface area (Å²) in [6.45, 7) is 1.19. The SMILES string of the molecule is Nc1cc(C(=O)c2ccc3c(c2)COC3)ccc1Cl. The van der Waals surface area contributed by atoms with Crippen LogP contribution in [-0.4, -0.2) is 5.78 Å². The summed E-state index contributed by atoms with van der Waals surface area (Å²) in [5, 5.41) is 0.457. The van der Waals surface area contributed by atoms with Gasteiger partial charge < -0.3 is 10.5 Å². The van der Waals surface area contributed by atoms with Gasteiger partial charge in [-0.05, 0) is 35.4 Å². The lowest BCUT2D eigenvalue weighted by molar-refractivity contribution is 0.103. The zero-order chi connectivity index (χ0) is 13.4. The molecule has 4 heteroatoms. The van der Waals surface area contributed by atoms with Gasteiger partial charge in [0.1, 0.15) is 0 Å². The quantitative estimate of drug-likeness (QED) is 0.675. The molecule has 0 aromatic heterocycles. The Morgan fingerprint density at radius 2 is 1.74 bits per heavy atom. The standard InChI is InChI=1S/C15H12ClNO2/c16-13-4-3-10(6-14(13)17)15(18)9-1-2-11-7-19-8-12(11)5-9/h1-6H,7-8,17H2. The van der Waals surface area contributed by atoms with Gasteiger partial charge in [-0.1, -0.05) is 23.7 Å². The van der Waals surface area contributed by atoms with Crippen LogP contribution in [0, 0.1) is 0 Å². The first kappa shape index (κ1) is 12.2. The Hall–Kier alpha value is -1.84. The number of carbonyl (C=O) groups excluding carboxylic acids is 1. The van der Waals surface area contributed by atoms with Crippen molar-refractivity contribution in [3.63, 3.8) is 0 Å². The Balaban J connectivity index is 1.97. The molecule has 0 fully saturated rings. The van der Waals surface area contributed by atoms with E-state index in [2.05, 4.69) is 0 Å². The average Bonchev–Trinajstić information content (AvgIpc) is 2.88. The van der Waals surface area contributed by atoms with Gasteiger partial charge in [0, 0.05) is 11.1 Å². The van der Waals surface area contributed by atoms with Gasteiger partial charge in [0.25, 0.3) is 0 Å². The molecule has 0 radical (unpaired) electrons. The molecule has 0 bridgehead atoms. The maximum Gasteiger partial charge on any atom is 0.193 e. The van der Waals surface area contributed by atoms with Gasteiger partial charge in [0.05, 0.1) is 23.9 Å². The maximum absolute atomic E-state index is 12.4. The summed E-state index contributed by atoms with van der Waals surface area (Å²) in [4.78, 5) is 12.4.